The van der Waals surface area contributed by atoms with E-state index in [0.29, 0.717) is 10.0 Å². The molecule has 0 aliphatic carbocycles. The number of likely N-dealkylation sites (N-methyl/N-ethyl adjacent to an activating group) is 1. The van der Waals surface area contributed by atoms with E-state index in [0.717, 1.165) is 0 Å². The van der Waals surface area contributed by atoms with Gasteiger partial charge in [0.05, 0.1) is 12.1 Å². The number of rotatable bonds is 3. The van der Waals surface area contributed by atoms with Gasteiger partial charge in [0.25, 0.3) is 5.91 Å². The van der Waals surface area contributed by atoms with E-state index in [1.807, 2.05) is 6.07 Å². The molecule has 15 heavy (non-hydrogen) atoms. The van der Waals surface area contributed by atoms with Gasteiger partial charge in [-0.25, -0.2) is 0 Å². The van der Waals surface area contributed by atoms with Crippen LogP contribution < -0.4 is 5.73 Å². The molecule has 0 fully saturated rings. The number of carbonyl (C=O) groups excluding carboxylic acids is 2. The standard InChI is InChI=1S/C10H11BrN2O2/c1-13(6-9(12)14)10(15)7-4-2-3-5-8(7)11/h2-5H,6H2,1H3,(H2,12,14). The molecule has 1 rings (SSSR count). The monoisotopic (exact) mass is 270 g/mol. The maximum atomic E-state index is 11.8. The highest BCUT2D eigenvalue weighted by Gasteiger charge is 2.15. The Balaban J connectivity index is 2.85. The van der Waals surface area contributed by atoms with Gasteiger partial charge in [-0.3, -0.25) is 9.59 Å². The van der Waals surface area contributed by atoms with E-state index in [2.05, 4.69) is 15.9 Å². The fourth-order valence-corrected chi connectivity index (χ4v) is 1.60. The molecule has 0 saturated carbocycles. The number of nitrogens with zero attached hydrogens (tertiary/aromatic N) is 1. The summed E-state index contributed by atoms with van der Waals surface area (Å²) < 4.78 is 0.700. The first-order valence-corrected chi connectivity index (χ1v) is 5.10. The summed E-state index contributed by atoms with van der Waals surface area (Å²) >= 11 is 3.27. The summed E-state index contributed by atoms with van der Waals surface area (Å²) in [4.78, 5) is 23.7. The second-order valence-corrected chi connectivity index (χ2v) is 3.96. The molecule has 0 aromatic heterocycles. The first-order valence-electron chi connectivity index (χ1n) is 4.30. The molecule has 1 aromatic rings. The summed E-state index contributed by atoms with van der Waals surface area (Å²) in [5.74, 6) is -0.765. The zero-order valence-corrected chi connectivity index (χ0v) is 9.82. The van der Waals surface area contributed by atoms with Gasteiger partial charge in [-0.05, 0) is 28.1 Å². The molecule has 4 nitrogen and oxygen atoms in total. The van der Waals surface area contributed by atoms with Crippen LogP contribution in [-0.2, 0) is 4.79 Å². The number of nitrogens with two attached hydrogens (primary N) is 1. The maximum absolute atomic E-state index is 11.8. The lowest BCUT2D eigenvalue weighted by molar-refractivity contribution is -0.118. The zero-order chi connectivity index (χ0) is 11.4. The Morgan fingerprint density at radius 1 is 1.40 bits per heavy atom. The number of primary amides is 1. The molecule has 80 valence electrons. The molecule has 1 aromatic carbocycles. The molecular weight excluding hydrogens is 260 g/mol. The van der Waals surface area contributed by atoms with Crippen molar-refractivity contribution in [3.8, 4) is 0 Å². The first kappa shape index (κ1) is 11.7. The van der Waals surface area contributed by atoms with Crippen LogP contribution in [-0.4, -0.2) is 30.3 Å². The predicted molar refractivity (Wildman–Crippen MR) is 60.3 cm³/mol. The Kier molecular flexibility index (Phi) is 3.85. The zero-order valence-electron chi connectivity index (χ0n) is 8.24. The summed E-state index contributed by atoms with van der Waals surface area (Å²) in [7, 11) is 1.53. The van der Waals surface area contributed by atoms with Crippen molar-refractivity contribution >= 4 is 27.7 Å². The molecular formula is C10H11BrN2O2. The van der Waals surface area contributed by atoms with E-state index in [4.69, 9.17) is 5.73 Å². The van der Waals surface area contributed by atoms with Crippen molar-refractivity contribution in [3.05, 3.63) is 34.3 Å². The predicted octanol–water partition coefficient (Wildman–Crippen LogP) is 1.01. The molecule has 0 radical (unpaired) electrons. The van der Waals surface area contributed by atoms with Gasteiger partial charge in [0.2, 0.25) is 5.91 Å². The Hall–Kier alpha value is -1.36. The van der Waals surface area contributed by atoms with Crippen molar-refractivity contribution in [1.29, 1.82) is 0 Å². The lowest BCUT2D eigenvalue weighted by Gasteiger charge is -2.15. The van der Waals surface area contributed by atoms with E-state index in [9.17, 15) is 9.59 Å². The van der Waals surface area contributed by atoms with E-state index in [-0.39, 0.29) is 12.5 Å². The number of halogens is 1. The Morgan fingerprint density at radius 3 is 2.53 bits per heavy atom. The highest BCUT2D eigenvalue weighted by Crippen LogP contribution is 2.17. The van der Waals surface area contributed by atoms with Crippen LogP contribution in [0, 0.1) is 0 Å². The molecule has 2 N–H and O–H groups in total. The molecule has 0 unspecified atom stereocenters. The molecule has 0 saturated heterocycles. The molecule has 0 heterocycles. The van der Waals surface area contributed by atoms with Crippen LogP contribution in [0.25, 0.3) is 0 Å². The average molecular weight is 271 g/mol. The quantitative estimate of drug-likeness (QED) is 0.891. The van der Waals surface area contributed by atoms with Gasteiger partial charge >= 0.3 is 0 Å². The third kappa shape index (κ3) is 3.06. The van der Waals surface area contributed by atoms with E-state index in [1.54, 1.807) is 18.2 Å². The van der Waals surface area contributed by atoms with Gasteiger partial charge in [-0.2, -0.15) is 0 Å². The summed E-state index contributed by atoms with van der Waals surface area (Å²) in [6.07, 6.45) is 0. The van der Waals surface area contributed by atoms with E-state index >= 15 is 0 Å². The third-order valence-corrected chi connectivity index (χ3v) is 2.54. The van der Waals surface area contributed by atoms with Gasteiger partial charge in [-0.15, -0.1) is 0 Å². The smallest absolute Gasteiger partial charge is 0.255 e. The molecule has 5 heteroatoms. The number of benzene rings is 1. The van der Waals surface area contributed by atoms with Crippen molar-refractivity contribution in [2.24, 2.45) is 5.73 Å². The number of hydrogen-bond donors (Lipinski definition) is 1. The Bertz CT molecular complexity index is 393. The van der Waals surface area contributed by atoms with E-state index < -0.39 is 5.91 Å². The van der Waals surface area contributed by atoms with Crippen LogP contribution in [0.15, 0.2) is 28.7 Å². The first-order chi connectivity index (χ1) is 7.02. The maximum Gasteiger partial charge on any atom is 0.255 e. The number of carbonyl (C=O) groups is 2. The summed E-state index contributed by atoms with van der Waals surface area (Å²) in [5, 5.41) is 0. The minimum Gasteiger partial charge on any atom is -0.368 e. The van der Waals surface area contributed by atoms with Gasteiger partial charge < -0.3 is 10.6 Å². The fourth-order valence-electron chi connectivity index (χ4n) is 1.15. The highest BCUT2D eigenvalue weighted by atomic mass is 79.9. The molecule has 0 atom stereocenters. The lowest BCUT2D eigenvalue weighted by Crippen LogP contribution is -2.35. The van der Waals surface area contributed by atoms with Crippen molar-refractivity contribution in [1.82, 2.24) is 4.90 Å². The third-order valence-electron chi connectivity index (χ3n) is 1.84. The van der Waals surface area contributed by atoms with Gasteiger partial charge in [-0.1, -0.05) is 12.1 Å². The fraction of sp³-hybridized carbons (Fsp3) is 0.200. The molecule has 0 spiro atoms. The Morgan fingerprint density at radius 2 is 2.00 bits per heavy atom. The van der Waals surface area contributed by atoms with Crippen molar-refractivity contribution in [3.63, 3.8) is 0 Å². The van der Waals surface area contributed by atoms with E-state index in [1.165, 1.54) is 11.9 Å². The summed E-state index contributed by atoms with van der Waals surface area (Å²) in [5.41, 5.74) is 5.52. The molecule has 0 aliphatic rings. The minimum atomic E-state index is -0.530. The molecule has 0 aliphatic heterocycles. The van der Waals surface area contributed by atoms with Crippen LogP contribution in [0.3, 0.4) is 0 Å². The van der Waals surface area contributed by atoms with Crippen molar-refractivity contribution < 1.29 is 9.59 Å². The van der Waals surface area contributed by atoms with Crippen molar-refractivity contribution in [2.75, 3.05) is 13.6 Å². The SMILES string of the molecule is CN(CC(N)=O)C(=O)c1ccccc1Br. The van der Waals surface area contributed by atoms with Crippen LogP contribution in [0.2, 0.25) is 0 Å². The minimum absolute atomic E-state index is 0.0832. The second kappa shape index (κ2) is 4.93. The van der Waals surface area contributed by atoms with Crippen LogP contribution in [0.5, 0.6) is 0 Å². The average Bonchev–Trinajstić information content (AvgIpc) is 2.16. The van der Waals surface area contributed by atoms with Gasteiger partial charge in [0.15, 0.2) is 0 Å². The van der Waals surface area contributed by atoms with Crippen molar-refractivity contribution in [2.45, 2.75) is 0 Å². The topological polar surface area (TPSA) is 63.4 Å². The van der Waals surface area contributed by atoms with Crippen LogP contribution >= 0.6 is 15.9 Å². The second-order valence-electron chi connectivity index (χ2n) is 3.11. The number of hydrogen-bond acceptors (Lipinski definition) is 2. The number of amides is 2. The Labute approximate surface area is 96.2 Å². The van der Waals surface area contributed by atoms with Crippen LogP contribution in [0.1, 0.15) is 10.4 Å². The largest absolute Gasteiger partial charge is 0.368 e. The summed E-state index contributed by atoms with van der Waals surface area (Å²) in [6.45, 7) is -0.0832. The summed E-state index contributed by atoms with van der Waals surface area (Å²) in [6, 6.07) is 7.03. The molecule has 0 bridgehead atoms. The molecule has 2 amide bonds. The highest BCUT2D eigenvalue weighted by molar-refractivity contribution is 9.10. The van der Waals surface area contributed by atoms with Crippen LogP contribution in [0.4, 0.5) is 0 Å². The van der Waals surface area contributed by atoms with Gasteiger partial charge in [0.1, 0.15) is 0 Å². The normalized spacial score (nSPS) is 9.73. The van der Waals surface area contributed by atoms with Gasteiger partial charge in [0, 0.05) is 11.5 Å². The lowest BCUT2D eigenvalue weighted by atomic mass is 10.2.